The second-order valence-electron chi connectivity index (χ2n) is 3.83. The highest BCUT2D eigenvalue weighted by molar-refractivity contribution is 5.76. The topological polar surface area (TPSA) is 90.6 Å². The second-order valence-corrected chi connectivity index (χ2v) is 3.83. The Balaban J connectivity index is 2.47. The molecule has 0 saturated heterocycles. The molecule has 1 rings (SSSR count). The molecule has 0 aliphatic heterocycles. The lowest BCUT2D eigenvalue weighted by Gasteiger charge is -2.08. The number of hydrogen-bond acceptors (Lipinski definition) is 5. The van der Waals surface area contributed by atoms with Gasteiger partial charge in [0.1, 0.15) is 5.75 Å². The number of hydrogen-bond donors (Lipinski definition) is 2. The number of benzene rings is 1. The Hall–Kier alpha value is -2.08. The van der Waals surface area contributed by atoms with E-state index in [1.807, 2.05) is 6.07 Å². The van der Waals surface area contributed by atoms with E-state index in [1.165, 1.54) is 7.11 Å². The van der Waals surface area contributed by atoms with Gasteiger partial charge in [0.15, 0.2) is 6.61 Å². The molecule has 0 aliphatic rings. The maximum Gasteiger partial charge on any atom is 0.343 e. The third kappa shape index (κ3) is 5.87. The second kappa shape index (κ2) is 8.10. The normalized spacial score (nSPS) is 9.79. The molecule has 0 aliphatic carbocycles. The molecule has 0 fully saturated rings. The smallest absolute Gasteiger partial charge is 0.343 e. The number of carbonyl (C=O) groups excluding carboxylic acids is 2. The van der Waals surface area contributed by atoms with E-state index in [0.717, 1.165) is 5.56 Å². The summed E-state index contributed by atoms with van der Waals surface area (Å²) in [6, 6.07) is 7.13. The van der Waals surface area contributed by atoms with Gasteiger partial charge < -0.3 is 20.5 Å². The molecular formula is C13H18N2O4. The Bertz CT molecular complexity index is 434. The molecule has 0 aromatic heterocycles. The zero-order valence-corrected chi connectivity index (χ0v) is 10.8. The van der Waals surface area contributed by atoms with Gasteiger partial charge in [-0.25, -0.2) is 4.79 Å². The lowest BCUT2D eigenvalue weighted by Crippen LogP contribution is -2.25. The van der Waals surface area contributed by atoms with Crippen molar-refractivity contribution in [3.8, 4) is 5.75 Å². The summed E-state index contributed by atoms with van der Waals surface area (Å²) in [5.74, 6) is 0.0148. The summed E-state index contributed by atoms with van der Waals surface area (Å²) in [6.07, 6.45) is 0.304. The minimum Gasteiger partial charge on any atom is -0.482 e. The number of methoxy groups -OCH3 is 1. The van der Waals surface area contributed by atoms with Crippen molar-refractivity contribution < 1.29 is 19.1 Å². The number of carbonyl (C=O) groups is 2. The molecule has 0 spiro atoms. The van der Waals surface area contributed by atoms with E-state index < -0.39 is 5.97 Å². The summed E-state index contributed by atoms with van der Waals surface area (Å²) >= 11 is 0. The van der Waals surface area contributed by atoms with E-state index in [9.17, 15) is 9.59 Å². The lowest BCUT2D eigenvalue weighted by atomic mass is 10.2. The number of ether oxygens (including phenoxy) is 2. The highest BCUT2D eigenvalue weighted by atomic mass is 16.6. The van der Waals surface area contributed by atoms with Gasteiger partial charge >= 0.3 is 5.97 Å². The molecule has 19 heavy (non-hydrogen) atoms. The molecule has 0 unspecified atom stereocenters. The van der Waals surface area contributed by atoms with Crippen LogP contribution in [-0.2, 0) is 20.9 Å². The monoisotopic (exact) mass is 266 g/mol. The van der Waals surface area contributed by atoms with Crippen LogP contribution >= 0.6 is 0 Å². The summed E-state index contributed by atoms with van der Waals surface area (Å²) in [7, 11) is 1.30. The predicted molar refractivity (Wildman–Crippen MR) is 69.5 cm³/mol. The molecule has 0 heterocycles. The molecule has 104 valence electrons. The molecule has 1 aromatic rings. The first kappa shape index (κ1) is 15.0. The maximum absolute atomic E-state index is 11.3. The van der Waals surface area contributed by atoms with E-state index in [1.54, 1.807) is 18.2 Å². The first-order chi connectivity index (χ1) is 9.15. The molecule has 0 saturated carbocycles. The summed E-state index contributed by atoms with van der Waals surface area (Å²) in [4.78, 5) is 22.2. The minimum absolute atomic E-state index is 0.0941. The van der Waals surface area contributed by atoms with Gasteiger partial charge in [-0.15, -0.1) is 0 Å². The van der Waals surface area contributed by atoms with E-state index in [4.69, 9.17) is 10.5 Å². The van der Waals surface area contributed by atoms with Crippen molar-refractivity contribution in [3.05, 3.63) is 29.8 Å². The van der Waals surface area contributed by atoms with Gasteiger partial charge in [0.25, 0.3) is 0 Å². The molecule has 1 aromatic carbocycles. The van der Waals surface area contributed by atoms with Gasteiger partial charge in [-0.2, -0.15) is 0 Å². The Labute approximate surface area is 111 Å². The van der Waals surface area contributed by atoms with Crippen LogP contribution in [0.15, 0.2) is 24.3 Å². The largest absolute Gasteiger partial charge is 0.482 e. The molecule has 6 heteroatoms. The summed E-state index contributed by atoms with van der Waals surface area (Å²) in [5.41, 5.74) is 6.16. The SMILES string of the molecule is COC(=O)COc1cccc(CNC(=O)CCN)c1. The van der Waals surface area contributed by atoms with E-state index in [0.29, 0.717) is 25.3 Å². The molecule has 3 N–H and O–H groups in total. The Morgan fingerprint density at radius 3 is 2.84 bits per heavy atom. The highest BCUT2D eigenvalue weighted by Gasteiger charge is 2.03. The zero-order chi connectivity index (χ0) is 14.1. The molecule has 6 nitrogen and oxygen atoms in total. The van der Waals surface area contributed by atoms with Crippen molar-refractivity contribution in [2.45, 2.75) is 13.0 Å². The van der Waals surface area contributed by atoms with Crippen LogP contribution in [0.4, 0.5) is 0 Å². The number of nitrogens with one attached hydrogen (secondary N) is 1. The first-order valence-electron chi connectivity index (χ1n) is 5.91. The quantitative estimate of drug-likeness (QED) is 0.688. The van der Waals surface area contributed by atoms with E-state index in [2.05, 4.69) is 10.1 Å². The molecule has 0 bridgehead atoms. The molecular weight excluding hydrogens is 248 g/mol. The zero-order valence-electron chi connectivity index (χ0n) is 10.8. The van der Waals surface area contributed by atoms with Crippen molar-refractivity contribution in [2.75, 3.05) is 20.3 Å². The number of nitrogens with two attached hydrogens (primary N) is 1. The molecule has 0 atom stereocenters. The van der Waals surface area contributed by atoms with Crippen molar-refractivity contribution in [1.82, 2.24) is 5.32 Å². The van der Waals surface area contributed by atoms with Crippen molar-refractivity contribution in [3.63, 3.8) is 0 Å². The summed E-state index contributed by atoms with van der Waals surface area (Å²) in [6.45, 7) is 0.585. The first-order valence-corrected chi connectivity index (χ1v) is 5.91. The van der Waals surface area contributed by atoms with Crippen LogP contribution in [0, 0.1) is 0 Å². The molecule has 0 radical (unpaired) electrons. The summed E-state index contributed by atoms with van der Waals surface area (Å²) < 4.78 is 9.72. The highest BCUT2D eigenvalue weighted by Crippen LogP contribution is 2.13. The Kier molecular flexibility index (Phi) is 6.38. The third-order valence-electron chi connectivity index (χ3n) is 2.34. The van der Waals surface area contributed by atoms with Crippen LogP contribution in [0.1, 0.15) is 12.0 Å². The van der Waals surface area contributed by atoms with Gasteiger partial charge in [0.2, 0.25) is 5.91 Å². The van der Waals surface area contributed by atoms with E-state index >= 15 is 0 Å². The lowest BCUT2D eigenvalue weighted by molar-refractivity contribution is -0.142. The number of amides is 1. The van der Waals surface area contributed by atoms with Crippen LogP contribution < -0.4 is 15.8 Å². The fourth-order valence-electron chi connectivity index (χ4n) is 1.37. The maximum atomic E-state index is 11.3. The summed E-state index contributed by atoms with van der Waals surface area (Å²) in [5, 5.41) is 2.74. The van der Waals surface area contributed by atoms with Gasteiger partial charge in [-0.05, 0) is 17.7 Å². The predicted octanol–water partition coefficient (Wildman–Crippen LogP) is 0.203. The average Bonchev–Trinajstić information content (AvgIpc) is 2.43. The number of rotatable bonds is 7. The third-order valence-corrected chi connectivity index (χ3v) is 2.34. The van der Waals surface area contributed by atoms with Crippen LogP contribution in [0.25, 0.3) is 0 Å². The van der Waals surface area contributed by atoms with Gasteiger partial charge in [0, 0.05) is 19.5 Å². The van der Waals surface area contributed by atoms with Crippen LogP contribution in [0.2, 0.25) is 0 Å². The van der Waals surface area contributed by atoms with Gasteiger partial charge in [-0.3, -0.25) is 4.79 Å². The van der Waals surface area contributed by atoms with Crippen LogP contribution in [-0.4, -0.2) is 32.1 Å². The van der Waals surface area contributed by atoms with Crippen molar-refractivity contribution >= 4 is 11.9 Å². The number of esters is 1. The van der Waals surface area contributed by atoms with Gasteiger partial charge in [0.05, 0.1) is 7.11 Å². The fraction of sp³-hybridized carbons (Fsp3) is 0.385. The Morgan fingerprint density at radius 1 is 1.37 bits per heavy atom. The van der Waals surface area contributed by atoms with Crippen LogP contribution in [0.3, 0.4) is 0 Å². The Morgan fingerprint density at radius 2 is 2.16 bits per heavy atom. The standard InChI is InChI=1S/C13H18N2O4/c1-18-13(17)9-19-11-4-2-3-10(7-11)8-15-12(16)5-6-14/h2-4,7H,5-6,8-9,14H2,1H3,(H,15,16). The fourth-order valence-corrected chi connectivity index (χ4v) is 1.37. The minimum atomic E-state index is -0.443. The van der Waals surface area contributed by atoms with Crippen LogP contribution in [0.5, 0.6) is 5.75 Å². The van der Waals surface area contributed by atoms with Crippen molar-refractivity contribution in [2.24, 2.45) is 5.73 Å². The van der Waals surface area contributed by atoms with E-state index in [-0.39, 0.29) is 12.5 Å². The van der Waals surface area contributed by atoms with Gasteiger partial charge in [-0.1, -0.05) is 12.1 Å². The molecule has 1 amide bonds. The average molecular weight is 266 g/mol. The van der Waals surface area contributed by atoms with Crippen molar-refractivity contribution in [1.29, 1.82) is 0 Å².